The van der Waals surface area contributed by atoms with E-state index in [1.54, 1.807) is 37.3 Å². The standard InChI is InChI=1S/C26H29N3O5/c1-17-9-12-20(13-10-17)29(23(30)16-27-25(31)22-8-5-15-33-22)24(21-14-11-18(2)34-21)26(32)28-19-6-3-4-7-19/h5,8-15,19,24H,3-4,6-7,16H2,1-2H3,(H,27,31)(H,28,32)/t24-/m0/s1. The summed E-state index contributed by atoms with van der Waals surface area (Å²) in [5, 5.41) is 5.68. The summed E-state index contributed by atoms with van der Waals surface area (Å²) in [5.74, 6) is -0.179. The van der Waals surface area contributed by atoms with Gasteiger partial charge in [-0.25, -0.2) is 0 Å². The van der Waals surface area contributed by atoms with Crippen LogP contribution < -0.4 is 15.5 Å². The van der Waals surface area contributed by atoms with Crippen molar-refractivity contribution in [1.82, 2.24) is 10.6 Å². The van der Waals surface area contributed by atoms with Crippen LogP contribution in [0.5, 0.6) is 0 Å². The molecule has 4 rings (SSSR count). The van der Waals surface area contributed by atoms with Crippen LogP contribution in [0.1, 0.15) is 59.4 Å². The second-order valence-corrected chi connectivity index (χ2v) is 8.60. The second kappa shape index (κ2) is 10.4. The number of aryl methyl sites for hydroxylation is 2. The Morgan fingerprint density at radius 1 is 1.03 bits per heavy atom. The molecule has 0 bridgehead atoms. The number of rotatable bonds is 8. The fourth-order valence-electron chi connectivity index (χ4n) is 4.20. The van der Waals surface area contributed by atoms with E-state index in [4.69, 9.17) is 8.83 Å². The first-order chi connectivity index (χ1) is 16.4. The van der Waals surface area contributed by atoms with Crippen LogP contribution in [0, 0.1) is 13.8 Å². The summed E-state index contributed by atoms with van der Waals surface area (Å²) in [5.41, 5.74) is 1.55. The molecule has 0 spiro atoms. The predicted molar refractivity (Wildman–Crippen MR) is 126 cm³/mol. The summed E-state index contributed by atoms with van der Waals surface area (Å²) in [7, 11) is 0. The summed E-state index contributed by atoms with van der Waals surface area (Å²) in [6.45, 7) is 3.41. The van der Waals surface area contributed by atoms with Gasteiger partial charge in [-0.3, -0.25) is 19.3 Å². The molecule has 8 nitrogen and oxygen atoms in total. The Labute approximate surface area is 198 Å². The minimum absolute atomic E-state index is 0.0692. The molecule has 2 aromatic heterocycles. The minimum atomic E-state index is -1.02. The summed E-state index contributed by atoms with van der Waals surface area (Å²) < 4.78 is 10.9. The third kappa shape index (κ3) is 5.39. The largest absolute Gasteiger partial charge is 0.464 e. The maximum absolute atomic E-state index is 13.6. The number of carbonyl (C=O) groups excluding carboxylic acids is 3. The number of benzene rings is 1. The number of hydrogen-bond donors (Lipinski definition) is 2. The first-order valence-electron chi connectivity index (χ1n) is 11.5. The number of hydrogen-bond acceptors (Lipinski definition) is 5. The zero-order valence-electron chi connectivity index (χ0n) is 19.4. The average molecular weight is 464 g/mol. The van der Waals surface area contributed by atoms with Crippen LogP contribution >= 0.6 is 0 Å². The highest BCUT2D eigenvalue weighted by Crippen LogP contribution is 2.30. The summed E-state index contributed by atoms with van der Waals surface area (Å²) in [6, 6.07) is 12.9. The number of nitrogens with one attached hydrogen (secondary N) is 2. The van der Waals surface area contributed by atoms with Crippen molar-refractivity contribution in [2.45, 2.75) is 51.6 Å². The van der Waals surface area contributed by atoms with Crippen LogP contribution in [0.15, 0.2) is 63.6 Å². The third-order valence-electron chi connectivity index (χ3n) is 5.96. The topological polar surface area (TPSA) is 105 Å². The quantitative estimate of drug-likeness (QED) is 0.524. The Bertz CT molecular complexity index is 1130. The highest BCUT2D eigenvalue weighted by atomic mass is 16.3. The van der Waals surface area contributed by atoms with Crippen LogP contribution in [0.3, 0.4) is 0 Å². The van der Waals surface area contributed by atoms with Crippen molar-refractivity contribution in [2.75, 3.05) is 11.4 Å². The van der Waals surface area contributed by atoms with E-state index in [0.29, 0.717) is 17.2 Å². The number of furan rings is 2. The summed E-state index contributed by atoms with van der Waals surface area (Å²) in [6.07, 6.45) is 5.34. The molecule has 0 unspecified atom stereocenters. The Balaban J connectivity index is 1.65. The van der Waals surface area contributed by atoms with E-state index in [-0.39, 0.29) is 24.3 Å². The molecule has 178 valence electrons. The van der Waals surface area contributed by atoms with E-state index in [9.17, 15) is 14.4 Å². The van der Waals surface area contributed by atoms with Crippen molar-refractivity contribution < 1.29 is 23.2 Å². The first kappa shape index (κ1) is 23.4. The molecule has 2 heterocycles. The van der Waals surface area contributed by atoms with Gasteiger partial charge in [0.05, 0.1) is 12.8 Å². The molecule has 0 aliphatic heterocycles. The van der Waals surface area contributed by atoms with Gasteiger partial charge in [0.2, 0.25) is 5.91 Å². The van der Waals surface area contributed by atoms with Crippen molar-refractivity contribution in [3.63, 3.8) is 0 Å². The van der Waals surface area contributed by atoms with Crippen LogP contribution in [0.2, 0.25) is 0 Å². The van der Waals surface area contributed by atoms with E-state index >= 15 is 0 Å². The van der Waals surface area contributed by atoms with Crippen molar-refractivity contribution in [3.05, 3.63) is 77.6 Å². The van der Waals surface area contributed by atoms with E-state index < -0.39 is 17.9 Å². The first-order valence-corrected chi connectivity index (χ1v) is 11.5. The van der Waals surface area contributed by atoms with Gasteiger partial charge in [0.15, 0.2) is 11.8 Å². The van der Waals surface area contributed by atoms with E-state index in [1.807, 2.05) is 19.1 Å². The minimum Gasteiger partial charge on any atom is -0.464 e. The maximum atomic E-state index is 13.6. The Morgan fingerprint density at radius 3 is 2.38 bits per heavy atom. The summed E-state index contributed by atoms with van der Waals surface area (Å²) in [4.78, 5) is 40.8. The Kier molecular flexibility index (Phi) is 7.15. The fraction of sp³-hybridized carbons (Fsp3) is 0.346. The molecule has 8 heteroatoms. The number of carbonyl (C=O) groups is 3. The molecular weight excluding hydrogens is 434 g/mol. The van der Waals surface area contributed by atoms with Gasteiger partial charge >= 0.3 is 0 Å². The third-order valence-corrected chi connectivity index (χ3v) is 5.96. The molecule has 1 aliphatic carbocycles. The van der Waals surface area contributed by atoms with Crippen molar-refractivity contribution in [3.8, 4) is 0 Å². The van der Waals surface area contributed by atoms with Gasteiger partial charge in [-0.05, 0) is 63.1 Å². The van der Waals surface area contributed by atoms with E-state index in [0.717, 1.165) is 31.2 Å². The normalized spacial score (nSPS) is 14.5. The Morgan fingerprint density at radius 2 is 1.76 bits per heavy atom. The summed E-state index contributed by atoms with van der Waals surface area (Å²) >= 11 is 0. The van der Waals surface area contributed by atoms with E-state index in [1.165, 1.54) is 17.2 Å². The van der Waals surface area contributed by atoms with Crippen LogP contribution in [0.25, 0.3) is 0 Å². The van der Waals surface area contributed by atoms with Crippen molar-refractivity contribution >= 4 is 23.4 Å². The lowest BCUT2D eigenvalue weighted by Gasteiger charge is -2.31. The van der Waals surface area contributed by atoms with Gasteiger partial charge in [-0.2, -0.15) is 0 Å². The average Bonchev–Trinajstić information content (AvgIpc) is 3.60. The van der Waals surface area contributed by atoms with Gasteiger partial charge in [-0.1, -0.05) is 30.5 Å². The molecule has 1 fully saturated rings. The zero-order chi connectivity index (χ0) is 24.1. The zero-order valence-corrected chi connectivity index (χ0v) is 19.4. The molecular formula is C26H29N3O5. The predicted octanol–water partition coefficient (Wildman–Crippen LogP) is 4.05. The molecule has 1 saturated carbocycles. The number of amides is 3. The van der Waals surface area contributed by atoms with Crippen LogP contribution in [0.4, 0.5) is 5.69 Å². The van der Waals surface area contributed by atoms with Gasteiger partial charge in [0.1, 0.15) is 11.5 Å². The van der Waals surface area contributed by atoms with Gasteiger partial charge in [0, 0.05) is 11.7 Å². The monoisotopic (exact) mass is 463 g/mol. The Hall–Kier alpha value is -3.81. The molecule has 0 saturated heterocycles. The smallest absolute Gasteiger partial charge is 0.287 e. The highest BCUT2D eigenvalue weighted by Gasteiger charge is 2.36. The lowest BCUT2D eigenvalue weighted by molar-refractivity contribution is -0.127. The van der Waals surface area contributed by atoms with Gasteiger partial charge in [-0.15, -0.1) is 0 Å². The molecule has 3 amide bonds. The molecule has 2 N–H and O–H groups in total. The highest BCUT2D eigenvalue weighted by molar-refractivity contribution is 6.04. The van der Waals surface area contributed by atoms with Crippen LogP contribution in [-0.4, -0.2) is 30.3 Å². The molecule has 3 aromatic rings. The molecule has 1 aromatic carbocycles. The molecule has 1 atom stereocenters. The number of anilines is 1. The van der Waals surface area contributed by atoms with Gasteiger partial charge < -0.3 is 19.5 Å². The lowest BCUT2D eigenvalue weighted by atomic mass is 10.1. The maximum Gasteiger partial charge on any atom is 0.287 e. The van der Waals surface area contributed by atoms with Crippen molar-refractivity contribution in [2.24, 2.45) is 0 Å². The lowest BCUT2D eigenvalue weighted by Crippen LogP contribution is -2.49. The molecule has 0 radical (unpaired) electrons. The van der Waals surface area contributed by atoms with E-state index in [2.05, 4.69) is 10.6 Å². The molecule has 1 aliphatic rings. The number of nitrogens with zero attached hydrogens (tertiary/aromatic N) is 1. The molecule has 34 heavy (non-hydrogen) atoms. The van der Waals surface area contributed by atoms with Crippen LogP contribution in [-0.2, 0) is 9.59 Å². The van der Waals surface area contributed by atoms with Gasteiger partial charge in [0.25, 0.3) is 11.8 Å². The van der Waals surface area contributed by atoms with Crippen molar-refractivity contribution in [1.29, 1.82) is 0 Å². The second-order valence-electron chi connectivity index (χ2n) is 8.60. The SMILES string of the molecule is Cc1ccc(N(C(=O)CNC(=O)c2ccco2)[C@H](C(=O)NC2CCCC2)c2ccc(C)o2)cc1. The fourth-order valence-corrected chi connectivity index (χ4v) is 4.20.